The van der Waals surface area contributed by atoms with Crippen LogP contribution in [0.2, 0.25) is 0 Å². The van der Waals surface area contributed by atoms with E-state index in [9.17, 15) is 9.59 Å². The zero-order valence-corrected chi connectivity index (χ0v) is 16.9. The van der Waals surface area contributed by atoms with Gasteiger partial charge in [-0.2, -0.15) is 0 Å². The molecule has 2 aromatic rings. The second-order valence-corrected chi connectivity index (χ2v) is 5.92. The van der Waals surface area contributed by atoms with Crippen molar-refractivity contribution in [3.05, 3.63) is 65.2 Å². The standard InChI is InChI=1S/C22H26O7/c1-4-26-22(27-5-2)19-13-17(11-12-18(19)21(24)25-3)28-15-20(23)29-14-16-9-7-6-8-10-16/h6-13,22H,4-5,14-15H2,1-3H3. The van der Waals surface area contributed by atoms with Crippen LogP contribution in [0.3, 0.4) is 0 Å². The van der Waals surface area contributed by atoms with Crippen LogP contribution in [0.5, 0.6) is 5.75 Å². The van der Waals surface area contributed by atoms with Gasteiger partial charge in [-0.05, 0) is 37.6 Å². The molecule has 0 N–H and O–H groups in total. The van der Waals surface area contributed by atoms with E-state index in [-0.39, 0.29) is 13.2 Å². The molecule has 0 aliphatic heterocycles. The molecule has 156 valence electrons. The van der Waals surface area contributed by atoms with Crippen LogP contribution in [-0.2, 0) is 30.3 Å². The lowest BCUT2D eigenvalue weighted by atomic mass is 10.1. The zero-order valence-electron chi connectivity index (χ0n) is 16.9. The molecule has 0 saturated carbocycles. The molecule has 0 aliphatic rings. The largest absolute Gasteiger partial charge is 0.482 e. The number of ether oxygens (including phenoxy) is 5. The summed E-state index contributed by atoms with van der Waals surface area (Å²) in [7, 11) is 1.30. The van der Waals surface area contributed by atoms with Crippen LogP contribution >= 0.6 is 0 Å². The predicted molar refractivity (Wildman–Crippen MR) is 106 cm³/mol. The molecule has 29 heavy (non-hydrogen) atoms. The van der Waals surface area contributed by atoms with E-state index in [1.807, 2.05) is 44.2 Å². The number of hydrogen-bond donors (Lipinski definition) is 0. The number of esters is 2. The van der Waals surface area contributed by atoms with Crippen LogP contribution in [0.4, 0.5) is 0 Å². The predicted octanol–water partition coefficient (Wildman–Crippen LogP) is 3.67. The van der Waals surface area contributed by atoms with Gasteiger partial charge in [0.25, 0.3) is 0 Å². The molecule has 2 aromatic carbocycles. The van der Waals surface area contributed by atoms with Gasteiger partial charge in [-0.15, -0.1) is 0 Å². The Balaban J connectivity index is 2.07. The number of hydrogen-bond acceptors (Lipinski definition) is 7. The summed E-state index contributed by atoms with van der Waals surface area (Å²) in [6.07, 6.45) is -0.757. The highest BCUT2D eigenvalue weighted by Gasteiger charge is 2.22. The van der Waals surface area contributed by atoms with Crippen molar-refractivity contribution in [3.8, 4) is 5.75 Å². The molecule has 2 rings (SSSR count). The minimum Gasteiger partial charge on any atom is -0.482 e. The molecule has 0 saturated heterocycles. The number of carbonyl (C=O) groups is 2. The van der Waals surface area contributed by atoms with Crippen LogP contribution in [0.1, 0.15) is 41.6 Å². The van der Waals surface area contributed by atoms with Gasteiger partial charge < -0.3 is 23.7 Å². The van der Waals surface area contributed by atoms with Gasteiger partial charge in [-0.25, -0.2) is 9.59 Å². The Hall–Kier alpha value is -2.90. The van der Waals surface area contributed by atoms with Crippen LogP contribution in [-0.4, -0.2) is 38.9 Å². The van der Waals surface area contributed by atoms with E-state index in [4.69, 9.17) is 23.7 Å². The quantitative estimate of drug-likeness (QED) is 0.419. The summed E-state index contributed by atoms with van der Waals surface area (Å²) in [4.78, 5) is 24.1. The van der Waals surface area contributed by atoms with Gasteiger partial charge in [0.15, 0.2) is 12.9 Å². The average Bonchev–Trinajstić information content (AvgIpc) is 2.76. The van der Waals surface area contributed by atoms with E-state index in [0.717, 1.165) is 5.56 Å². The second-order valence-electron chi connectivity index (χ2n) is 5.92. The highest BCUT2D eigenvalue weighted by atomic mass is 16.7. The Morgan fingerprint density at radius 3 is 2.28 bits per heavy atom. The first kappa shape index (κ1) is 22.4. The number of rotatable bonds is 11. The maximum absolute atomic E-state index is 12.1. The molecule has 0 unspecified atom stereocenters. The van der Waals surface area contributed by atoms with Crippen molar-refractivity contribution in [2.45, 2.75) is 26.7 Å². The molecule has 0 heterocycles. The van der Waals surface area contributed by atoms with Crippen molar-refractivity contribution >= 4 is 11.9 Å². The molecule has 7 heteroatoms. The Labute approximate surface area is 170 Å². The summed E-state index contributed by atoms with van der Waals surface area (Å²) in [5.41, 5.74) is 1.66. The summed E-state index contributed by atoms with van der Waals surface area (Å²) in [6, 6.07) is 14.1. The fourth-order valence-electron chi connectivity index (χ4n) is 2.57. The van der Waals surface area contributed by atoms with Gasteiger partial charge in [-0.1, -0.05) is 30.3 Å². The molecule has 0 atom stereocenters. The minimum absolute atomic E-state index is 0.173. The van der Waals surface area contributed by atoms with E-state index in [2.05, 4.69) is 0 Å². The van der Waals surface area contributed by atoms with Crippen molar-refractivity contribution in [2.24, 2.45) is 0 Å². The maximum atomic E-state index is 12.1. The number of carbonyl (C=O) groups excluding carboxylic acids is 2. The topological polar surface area (TPSA) is 80.3 Å². The molecule has 0 fully saturated rings. The lowest BCUT2D eigenvalue weighted by Gasteiger charge is -2.20. The van der Waals surface area contributed by atoms with Crippen molar-refractivity contribution in [2.75, 3.05) is 26.9 Å². The van der Waals surface area contributed by atoms with E-state index < -0.39 is 18.2 Å². The number of benzene rings is 2. The molecule has 0 aliphatic carbocycles. The Bertz CT molecular complexity index is 783. The average molecular weight is 402 g/mol. The van der Waals surface area contributed by atoms with Crippen molar-refractivity contribution < 1.29 is 33.3 Å². The van der Waals surface area contributed by atoms with Gasteiger partial charge in [0.1, 0.15) is 12.4 Å². The van der Waals surface area contributed by atoms with Gasteiger partial charge in [0, 0.05) is 18.8 Å². The van der Waals surface area contributed by atoms with E-state index in [1.165, 1.54) is 7.11 Å². The van der Waals surface area contributed by atoms with Crippen molar-refractivity contribution in [3.63, 3.8) is 0 Å². The molecule has 0 bridgehead atoms. The summed E-state index contributed by atoms with van der Waals surface area (Å²) in [6.45, 7) is 4.34. The third-order valence-electron chi connectivity index (χ3n) is 3.92. The van der Waals surface area contributed by atoms with Crippen LogP contribution in [0, 0.1) is 0 Å². The molecule has 0 radical (unpaired) electrons. The van der Waals surface area contributed by atoms with Crippen molar-refractivity contribution in [1.82, 2.24) is 0 Å². The molecule has 0 aromatic heterocycles. The maximum Gasteiger partial charge on any atom is 0.344 e. The van der Waals surface area contributed by atoms with Gasteiger partial charge in [-0.3, -0.25) is 0 Å². The van der Waals surface area contributed by atoms with E-state index in [0.29, 0.717) is 30.1 Å². The summed E-state index contributed by atoms with van der Waals surface area (Å²) in [5.74, 6) is -0.634. The fraction of sp³-hybridized carbons (Fsp3) is 0.364. The zero-order chi connectivity index (χ0) is 21.1. The first-order chi connectivity index (χ1) is 14.1. The third kappa shape index (κ3) is 6.89. The van der Waals surface area contributed by atoms with Crippen LogP contribution in [0.15, 0.2) is 48.5 Å². The lowest BCUT2D eigenvalue weighted by Crippen LogP contribution is -2.17. The SMILES string of the molecule is CCOC(OCC)c1cc(OCC(=O)OCc2ccccc2)ccc1C(=O)OC. The highest BCUT2D eigenvalue weighted by Crippen LogP contribution is 2.28. The van der Waals surface area contributed by atoms with Gasteiger partial charge in [0.2, 0.25) is 0 Å². The minimum atomic E-state index is -0.757. The second kappa shape index (κ2) is 11.8. The third-order valence-corrected chi connectivity index (χ3v) is 3.92. The Morgan fingerprint density at radius 2 is 1.66 bits per heavy atom. The molecular weight excluding hydrogens is 376 g/mol. The molecule has 0 spiro atoms. The Kier molecular flexibility index (Phi) is 9.14. The molecule has 0 amide bonds. The van der Waals surface area contributed by atoms with Gasteiger partial charge >= 0.3 is 11.9 Å². The van der Waals surface area contributed by atoms with Crippen LogP contribution in [0.25, 0.3) is 0 Å². The number of methoxy groups -OCH3 is 1. The normalized spacial score (nSPS) is 10.6. The smallest absolute Gasteiger partial charge is 0.344 e. The summed E-state index contributed by atoms with van der Waals surface area (Å²) >= 11 is 0. The van der Waals surface area contributed by atoms with E-state index >= 15 is 0 Å². The first-order valence-corrected chi connectivity index (χ1v) is 9.36. The lowest BCUT2D eigenvalue weighted by molar-refractivity contribution is -0.147. The Morgan fingerprint density at radius 1 is 0.966 bits per heavy atom. The molecular formula is C22H26O7. The fourth-order valence-corrected chi connectivity index (χ4v) is 2.57. The molecule has 7 nitrogen and oxygen atoms in total. The van der Waals surface area contributed by atoms with Crippen molar-refractivity contribution in [1.29, 1.82) is 0 Å². The summed E-state index contributed by atoms with van der Waals surface area (Å²) in [5, 5.41) is 0. The monoisotopic (exact) mass is 402 g/mol. The van der Waals surface area contributed by atoms with Crippen LogP contribution < -0.4 is 4.74 Å². The highest BCUT2D eigenvalue weighted by molar-refractivity contribution is 5.91. The first-order valence-electron chi connectivity index (χ1n) is 9.36. The summed E-state index contributed by atoms with van der Waals surface area (Å²) < 4.78 is 26.8. The van der Waals surface area contributed by atoms with E-state index in [1.54, 1.807) is 18.2 Å². The van der Waals surface area contributed by atoms with Gasteiger partial charge in [0.05, 0.1) is 12.7 Å².